The standard InChI is InChI=1S/C16H12N4OS/c17-9-10-20-15(8-7-12-4-3-11-22-12)18-16(19-20)13-5-1-2-6-14(13)21/h1-8,11,21H,10H2. The van der Waals surface area contributed by atoms with Crippen molar-refractivity contribution in [2.75, 3.05) is 0 Å². The predicted octanol–water partition coefficient (Wildman–Crippen LogP) is 3.41. The third-order valence-electron chi connectivity index (χ3n) is 3.01. The van der Waals surface area contributed by atoms with Gasteiger partial charge in [-0.25, -0.2) is 9.67 Å². The first-order chi connectivity index (χ1) is 10.8. The molecule has 3 aromatic rings. The van der Waals surface area contributed by atoms with Gasteiger partial charge in [-0.15, -0.1) is 16.4 Å². The highest BCUT2D eigenvalue weighted by Crippen LogP contribution is 2.26. The van der Waals surface area contributed by atoms with Crippen LogP contribution in [0, 0.1) is 11.3 Å². The molecule has 0 unspecified atom stereocenters. The molecule has 6 heteroatoms. The molecule has 1 N–H and O–H groups in total. The maximum Gasteiger partial charge on any atom is 0.185 e. The molecule has 2 heterocycles. The van der Waals surface area contributed by atoms with Crippen molar-refractivity contribution in [3.05, 3.63) is 52.5 Å². The van der Waals surface area contributed by atoms with Crippen LogP contribution in [-0.2, 0) is 6.54 Å². The molecule has 0 saturated heterocycles. The van der Waals surface area contributed by atoms with Crippen molar-refractivity contribution >= 4 is 23.5 Å². The van der Waals surface area contributed by atoms with E-state index in [2.05, 4.69) is 16.2 Å². The van der Waals surface area contributed by atoms with Crippen molar-refractivity contribution in [1.82, 2.24) is 14.8 Å². The molecule has 0 radical (unpaired) electrons. The number of aromatic nitrogens is 3. The molecule has 0 fully saturated rings. The van der Waals surface area contributed by atoms with Gasteiger partial charge in [0.25, 0.3) is 0 Å². The van der Waals surface area contributed by atoms with Gasteiger partial charge in [0, 0.05) is 4.88 Å². The number of nitriles is 1. The first-order valence-corrected chi connectivity index (χ1v) is 7.47. The van der Waals surface area contributed by atoms with Gasteiger partial charge in [-0.3, -0.25) is 0 Å². The van der Waals surface area contributed by atoms with Crippen LogP contribution in [0.4, 0.5) is 0 Å². The van der Waals surface area contributed by atoms with E-state index in [1.807, 2.05) is 29.7 Å². The topological polar surface area (TPSA) is 74.7 Å². The Hall–Kier alpha value is -2.91. The van der Waals surface area contributed by atoms with Gasteiger partial charge in [0.1, 0.15) is 12.3 Å². The van der Waals surface area contributed by atoms with E-state index in [4.69, 9.17) is 5.26 Å². The molecule has 0 aliphatic carbocycles. The Kier molecular flexibility index (Phi) is 3.99. The second-order valence-electron chi connectivity index (χ2n) is 4.48. The van der Waals surface area contributed by atoms with E-state index >= 15 is 0 Å². The second-order valence-corrected chi connectivity index (χ2v) is 5.45. The third-order valence-corrected chi connectivity index (χ3v) is 3.84. The molecule has 1 aromatic carbocycles. The van der Waals surface area contributed by atoms with E-state index in [0.29, 0.717) is 17.2 Å². The minimum Gasteiger partial charge on any atom is -0.507 e. The molecule has 0 amide bonds. The van der Waals surface area contributed by atoms with Crippen LogP contribution in [0.5, 0.6) is 5.75 Å². The van der Waals surface area contributed by atoms with Gasteiger partial charge in [0.05, 0.1) is 11.6 Å². The normalized spacial score (nSPS) is 10.9. The number of hydrogen-bond donors (Lipinski definition) is 1. The van der Waals surface area contributed by atoms with Crippen molar-refractivity contribution in [2.24, 2.45) is 0 Å². The second kappa shape index (κ2) is 6.24. The van der Waals surface area contributed by atoms with Crippen LogP contribution in [0.25, 0.3) is 23.5 Å². The van der Waals surface area contributed by atoms with E-state index in [1.54, 1.807) is 35.6 Å². The molecular formula is C16H12N4OS. The summed E-state index contributed by atoms with van der Waals surface area (Å²) in [7, 11) is 0. The molecule has 0 atom stereocenters. The number of para-hydroxylation sites is 1. The summed E-state index contributed by atoms with van der Waals surface area (Å²) in [5.41, 5.74) is 0.546. The Bertz CT molecular complexity index is 843. The molecular weight excluding hydrogens is 296 g/mol. The van der Waals surface area contributed by atoms with E-state index in [0.717, 1.165) is 4.88 Å². The SMILES string of the molecule is N#CCn1nc(-c2ccccc2O)nc1C=Cc1cccs1. The quantitative estimate of drug-likeness (QED) is 0.801. The zero-order valence-corrected chi connectivity index (χ0v) is 12.4. The summed E-state index contributed by atoms with van der Waals surface area (Å²) in [6, 6.07) is 12.9. The molecule has 0 saturated carbocycles. The van der Waals surface area contributed by atoms with Gasteiger partial charge in [-0.05, 0) is 35.7 Å². The predicted molar refractivity (Wildman–Crippen MR) is 86.0 cm³/mol. The average Bonchev–Trinajstić information content (AvgIpc) is 3.16. The fraction of sp³-hybridized carbons (Fsp3) is 0.0625. The Morgan fingerprint density at radius 3 is 2.82 bits per heavy atom. The van der Waals surface area contributed by atoms with Crippen LogP contribution in [0.2, 0.25) is 0 Å². The maximum absolute atomic E-state index is 9.90. The minimum absolute atomic E-state index is 0.102. The minimum atomic E-state index is 0.102. The fourth-order valence-corrected chi connectivity index (χ4v) is 2.60. The van der Waals surface area contributed by atoms with Crippen molar-refractivity contribution < 1.29 is 5.11 Å². The zero-order valence-electron chi connectivity index (χ0n) is 11.5. The van der Waals surface area contributed by atoms with Crippen molar-refractivity contribution in [2.45, 2.75) is 6.54 Å². The Morgan fingerprint density at radius 2 is 2.09 bits per heavy atom. The van der Waals surface area contributed by atoms with Gasteiger partial charge < -0.3 is 5.11 Å². The lowest BCUT2D eigenvalue weighted by molar-refractivity contribution is 0.477. The number of rotatable bonds is 4. The molecule has 0 aliphatic heterocycles. The van der Waals surface area contributed by atoms with Crippen LogP contribution < -0.4 is 0 Å². The number of aromatic hydroxyl groups is 1. The highest BCUT2D eigenvalue weighted by atomic mass is 32.1. The van der Waals surface area contributed by atoms with Crippen LogP contribution in [-0.4, -0.2) is 19.9 Å². The molecule has 0 spiro atoms. The smallest absolute Gasteiger partial charge is 0.185 e. The molecule has 22 heavy (non-hydrogen) atoms. The summed E-state index contributed by atoms with van der Waals surface area (Å²) in [4.78, 5) is 5.51. The number of hydrogen-bond acceptors (Lipinski definition) is 5. The van der Waals surface area contributed by atoms with Crippen molar-refractivity contribution in [3.8, 4) is 23.2 Å². The largest absolute Gasteiger partial charge is 0.507 e. The van der Waals surface area contributed by atoms with Crippen LogP contribution >= 0.6 is 11.3 Å². The van der Waals surface area contributed by atoms with Gasteiger partial charge in [0.15, 0.2) is 11.6 Å². The van der Waals surface area contributed by atoms with Crippen LogP contribution in [0.3, 0.4) is 0 Å². The molecule has 5 nitrogen and oxygen atoms in total. The lowest BCUT2D eigenvalue weighted by atomic mass is 10.2. The summed E-state index contributed by atoms with van der Waals surface area (Å²) >= 11 is 1.62. The molecule has 0 aliphatic rings. The highest BCUT2D eigenvalue weighted by molar-refractivity contribution is 7.10. The molecule has 0 bridgehead atoms. The third kappa shape index (κ3) is 2.90. The van der Waals surface area contributed by atoms with E-state index in [9.17, 15) is 5.11 Å². The van der Waals surface area contributed by atoms with Gasteiger partial charge in [-0.2, -0.15) is 5.26 Å². The zero-order chi connectivity index (χ0) is 15.4. The summed E-state index contributed by atoms with van der Waals surface area (Å²) in [5.74, 6) is 1.10. The Morgan fingerprint density at radius 1 is 1.23 bits per heavy atom. The van der Waals surface area contributed by atoms with Crippen molar-refractivity contribution in [1.29, 1.82) is 5.26 Å². The van der Waals surface area contributed by atoms with Gasteiger partial charge >= 0.3 is 0 Å². The number of benzene rings is 1. The highest BCUT2D eigenvalue weighted by Gasteiger charge is 2.12. The van der Waals surface area contributed by atoms with E-state index in [-0.39, 0.29) is 12.3 Å². The van der Waals surface area contributed by atoms with E-state index < -0.39 is 0 Å². The first kappa shape index (κ1) is 14.0. The maximum atomic E-state index is 9.90. The average molecular weight is 308 g/mol. The molecule has 108 valence electrons. The fourth-order valence-electron chi connectivity index (χ4n) is 1.98. The van der Waals surface area contributed by atoms with E-state index in [1.165, 1.54) is 4.68 Å². The van der Waals surface area contributed by atoms with Crippen LogP contribution in [0.1, 0.15) is 10.7 Å². The summed E-state index contributed by atoms with van der Waals surface area (Å²) < 4.78 is 1.52. The Balaban J connectivity index is 1.99. The molecule has 2 aromatic heterocycles. The number of thiophene rings is 1. The summed E-state index contributed by atoms with van der Waals surface area (Å²) in [6.45, 7) is 0.102. The summed E-state index contributed by atoms with van der Waals surface area (Å²) in [5, 5.41) is 25.1. The number of phenolic OH excluding ortho intramolecular Hbond substituents is 1. The number of phenols is 1. The first-order valence-electron chi connectivity index (χ1n) is 6.59. The lowest BCUT2D eigenvalue weighted by Gasteiger charge is -1.97. The van der Waals surface area contributed by atoms with Gasteiger partial charge in [-0.1, -0.05) is 18.2 Å². The monoisotopic (exact) mass is 308 g/mol. The Labute approximate surface area is 131 Å². The molecule has 3 rings (SSSR count). The van der Waals surface area contributed by atoms with Crippen LogP contribution in [0.15, 0.2) is 41.8 Å². The van der Waals surface area contributed by atoms with Gasteiger partial charge in [0.2, 0.25) is 0 Å². The lowest BCUT2D eigenvalue weighted by Crippen LogP contribution is -2.00. The summed E-state index contributed by atoms with van der Waals surface area (Å²) in [6.07, 6.45) is 3.75. The number of nitrogens with zero attached hydrogens (tertiary/aromatic N) is 4. The van der Waals surface area contributed by atoms with Crippen molar-refractivity contribution in [3.63, 3.8) is 0 Å².